The van der Waals surface area contributed by atoms with Crippen LogP contribution in [0.1, 0.15) is 32.7 Å². The van der Waals surface area contributed by atoms with Crippen molar-refractivity contribution in [2.24, 2.45) is 0 Å². The van der Waals surface area contributed by atoms with Crippen molar-refractivity contribution in [2.75, 3.05) is 18.6 Å². The van der Waals surface area contributed by atoms with Crippen molar-refractivity contribution < 1.29 is 28.7 Å². The third-order valence-corrected chi connectivity index (χ3v) is 7.70. The molecule has 2 amide bonds. The van der Waals surface area contributed by atoms with E-state index in [-0.39, 0.29) is 12.0 Å². The Bertz CT molecular complexity index is 1720. The molecule has 1 aliphatic heterocycles. The number of pyridine rings is 1. The van der Waals surface area contributed by atoms with Gasteiger partial charge in [-0.25, -0.2) is 14.7 Å². The van der Waals surface area contributed by atoms with Crippen LogP contribution < -0.4 is 9.64 Å². The molecule has 1 fully saturated rings. The number of methoxy groups -OCH3 is 1. The van der Waals surface area contributed by atoms with Gasteiger partial charge >= 0.3 is 5.97 Å². The number of hydrogen-bond donors (Lipinski definition) is 0. The average Bonchev–Trinajstić information content (AvgIpc) is 3.31. The summed E-state index contributed by atoms with van der Waals surface area (Å²) in [5.74, 6) is -1.63. The molecule has 1 atom stereocenters. The van der Waals surface area contributed by atoms with Gasteiger partial charge < -0.3 is 9.47 Å². The topological polar surface area (TPSA) is 127 Å². The third-order valence-electron chi connectivity index (χ3n) is 6.51. The van der Waals surface area contributed by atoms with Crippen LogP contribution in [0.15, 0.2) is 96.0 Å². The molecule has 1 unspecified atom stereocenters. The molecule has 0 radical (unpaired) electrons. The Morgan fingerprint density at radius 1 is 0.976 bits per heavy atom. The number of carbonyl (C=O) groups is 4. The van der Waals surface area contributed by atoms with Gasteiger partial charge in [-0.15, -0.1) is 0 Å². The highest BCUT2D eigenvalue weighted by Gasteiger charge is 2.41. The molecule has 0 bridgehead atoms. The third kappa shape index (κ3) is 5.92. The minimum absolute atomic E-state index is 0.0690. The van der Waals surface area contributed by atoms with Gasteiger partial charge in [-0.2, -0.15) is 5.26 Å². The number of esters is 1. The van der Waals surface area contributed by atoms with E-state index in [0.29, 0.717) is 33.3 Å². The number of aromatic nitrogens is 1. The summed E-state index contributed by atoms with van der Waals surface area (Å²) in [6, 6.07) is 27.3. The summed E-state index contributed by atoms with van der Waals surface area (Å²) >= 11 is 1.08. The second kappa shape index (κ2) is 12.5. The molecule has 0 spiro atoms. The largest absolute Gasteiger partial charge is 0.496 e. The molecule has 42 heavy (non-hydrogen) atoms. The predicted molar refractivity (Wildman–Crippen MR) is 155 cm³/mol. The highest BCUT2D eigenvalue weighted by atomic mass is 32.2. The SMILES string of the molecule is COc1ccccc1C(=O)COC(=O)c1ccc(N2C(=O)CC(Sc3nc(-c4ccccc4)ccc3C#N)C2=O)cc1. The number of Topliss-reactive ketones (excluding diaryl/α,β-unsaturated/α-hetero) is 1. The zero-order valence-corrected chi connectivity index (χ0v) is 23.2. The van der Waals surface area contributed by atoms with E-state index >= 15 is 0 Å². The Kier molecular flexibility index (Phi) is 8.41. The lowest BCUT2D eigenvalue weighted by Crippen LogP contribution is -2.31. The molecule has 0 aliphatic carbocycles. The minimum atomic E-state index is -0.770. The lowest BCUT2D eigenvalue weighted by Gasteiger charge is -2.15. The van der Waals surface area contributed by atoms with E-state index in [9.17, 15) is 24.4 Å². The number of nitrogens with zero attached hydrogens (tertiary/aromatic N) is 3. The first kappa shape index (κ1) is 28.3. The quantitative estimate of drug-likeness (QED) is 0.152. The molecule has 0 saturated carbocycles. The number of ketones is 1. The number of carbonyl (C=O) groups excluding carboxylic acids is 4. The van der Waals surface area contributed by atoms with E-state index in [4.69, 9.17) is 9.47 Å². The van der Waals surface area contributed by atoms with Crippen molar-refractivity contribution in [3.63, 3.8) is 0 Å². The first-order chi connectivity index (χ1) is 20.4. The van der Waals surface area contributed by atoms with E-state index in [1.54, 1.807) is 36.4 Å². The number of rotatable bonds is 9. The molecule has 2 heterocycles. The van der Waals surface area contributed by atoms with Crippen molar-refractivity contribution in [1.29, 1.82) is 5.26 Å². The van der Waals surface area contributed by atoms with Crippen LogP contribution in [0.5, 0.6) is 5.75 Å². The molecule has 1 aromatic heterocycles. The lowest BCUT2D eigenvalue weighted by molar-refractivity contribution is -0.121. The fourth-order valence-corrected chi connectivity index (χ4v) is 5.49. The maximum Gasteiger partial charge on any atom is 0.338 e. The molecule has 208 valence electrons. The van der Waals surface area contributed by atoms with E-state index in [1.165, 1.54) is 31.4 Å². The zero-order chi connectivity index (χ0) is 29.6. The van der Waals surface area contributed by atoms with Crippen LogP contribution >= 0.6 is 11.8 Å². The molecule has 10 heteroatoms. The van der Waals surface area contributed by atoms with Crippen LogP contribution in [0.2, 0.25) is 0 Å². The fraction of sp³-hybridized carbons (Fsp3) is 0.125. The Morgan fingerprint density at radius 2 is 1.69 bits per heavy atom. The summed E-state index contributed by atoms with van der Waals surface area (Å²) in [6.07, 6.45) is -0.0690. The van der Waals surface area contributed by atoms with Gasteiger partial charge in [-0.3, -0.25) is 14.4 Å². The molecule has 4 aromatic rings. The average molecular weight is 578 g/mol. The molecule has 1 aliphatic rings. The van der Waals surface area contributed by atoms with Crippen LogP contribution in [0, 0.1) is 11.3 Å². The van der Waals surface area contributed by atoms with Gasteiger partial charge in [0.25, 0.3) is 0 Å². The Hall–Kier alpha value is -5.27. The number of thioether (sulfide) groups is 1. The Labute approximate surface area is 245 Å². The van der Waals surface area contributed by atoms with Gasteiger partial charge in [0.15, 0.2) is 6.61 Å². The van der Waals surface area contributed by atoms with Crippen LogP contribution in [0.4, 0.5) is 5.69 Å². The molecule has 1 saturated heterocycles. The van der Waals surface area contributed by atoms with E-state index < -0.39 is 35.4 Å². The van der Waals surface area contributed by atoms with Crippen LogP contribution in [-0.4, -0.2) is 47.5 Å². The summed E-state index contributed by atoms with van der Waals surface area (Å²) in [4.78, 5) is 56.9. The maximum absolute atomic E-state index is 13.3. The van der Waals surface area contributed by atoms with Crippen LogP contribution in [-0.2, 0) is 14.3 Å². The summed E-state index contributed by atoms with van der Waals surface area (Å²) in [5, 5.41) is 9.19. The molecule has 3 aromatic carbocycles. The number of ether oxygens (including phenoxy) is 2. The molecule has 0 N–H and O–H groups in total. The molecule has 5 rings (SSSR count). The van der Waals surface area contributed by atoms with E-state index in [0.717, 1.165) is 22.2 Å². The smallest absolute Gasteiger partial charge is 0.338 e. The number of benzene rings is 3. The normalized spacial score (nSPS) is 14.4. The summed E-state index contributed by atoms with van der Waals surface area (Å²) in [6.45, 7) is -0.479. The van der Waals surface area contributed by atoms with Crippen molar-refractivity contribution in [1.82, 2.24) is 4.98 Å². The first-order valence-corrected chi connectivity index (χ1v) is 13.7. The highest BCUT2D eigenvalue weighted by Crippen LogP contribution is 2.35. The van der Waals surface area contributed by atoms with Crippen LogP contribution in [0.25, 0.3) is 11.3 Å². The Morgan fingerprint density at radius 3 is 2.40 bits per heavy atom. The van der Waals surface area contributed by atoms with E-state index in [2.05, 4.69) is 11.1 Å². The summed E-state index contributed by atoms with van der Waals surface area (Å²) in [7, 11) is 1.44. The monoisotopic (exact) mass is 577 g/mol. The summed E-state index contributed by atoms with van der Waals surface area (Å²) in [5.41, 5.74) is 2.56. The standard InChI is InChI=1S/C32H23N3O6S/c1-40-27-10-6-5-9-24(27)26(36)19-41-32(39)21-11-14-23(15-12-21)35-29(37)17-28(31(35)38)42-30-22(18-33)13-16-25(34-30)20-7-3-2-4-8-20/h2-16,28H,17,19H2,1H3. The van der Waals surface area contributed by atoms with Crippen molar-refractivity contribution in [2.45, 2.75) is 16.7 Å². The van der Waals surface area contributed by atoms with Crippen LogP contribution in [0.3, 0.4) is 0 Å². The minimum Gasteiger partial charge on any atom is -0.496 e. The van der Waals surface area contributed by atoms with Gasteiger partial charge in [-0.05, 0) is 48.5 Å². The number of anilines is 1. The van der Waals surface area contributed by atoms with Crippen molar-refractivity contribution in [3.8, 4) is 23.1 Å². The molecular formula is C32H23N3O6S. The van der Waals surface area contributed by atoms with Crippen molar-refractivity contribution >= 4 is 41.0 Å². The van der Waals surface area contributed by atoms with Gasteiger partial charge in [0.2, 0.25) is 17.6 Å². The van der Waals surface area contributed by atoms with E-state index in [1.807, 2.05) is 30.3 Å². The maximum atomic E-state index is 13.3. The number of imide groups is 1. The highest BCUT2D eigenvalue weighted by molar-refractivity contribution is 8.00. The number of nitriles is 1. The lowest BCUT2D eigenvalue weighted by atomic mass is 10.1. The van der Waals surface area contributed by atoms with Crippen molar-refractivity contribution in [3.05, 3.63) is 108 Å². The zero-order valence-electron chi connectivity index (χ0n) is 22.4. The number of amides is 2. The summed E-state index contributed by atoms with van der Waals surface area (Å²) < 4.78 is 10.3. The molecular weight excluding hydrogens is 554 g/mol. The second-order valence-electron chi connectivity index (χ2n) is 9.15. The fourth-order valence-electron chi connectivity index (χ4n) is 4.40. The van der Waals surface area contributed by atoms with Gasteiger partial charge in [-0.1, -0.05) is 54.2 Å². The van der Waals surface area contributed by atoms with Gasteiger partial charge in [0, 0.05) is 12.0 Å². The second-order valence-corrected chi connectivity index (χ2v) is 10.3. The first-order valence-electron chi connectivity index (χ1n) is 12.8. The predicted octanol–water partition coefficient (Wildman–Crippen LogP) is 5.09. The Balaban J connectivity index is 1.26. The van der Waals surface area contributed by atoms with Gasteiger partial charge in [0.05, 0.1) is 40.4 Å². The van der Waals surface area contributed by atoms with Gasteiger partial charge in [0.1, 0.15) is 16.8 Å². The number of hydrogen-bond acceptors (Lipinski definition) is 9. The molecule has 9 nitrogen and oxygen atoms in total. The number of para-hydroxylation sites is 1.